The first-order valence-corrected chi connectivity index (χ1v) is 8.55. The Kier molecular flexibility index (Phi) is 4.35. The van der Waals surface area contributed by atoms with Gasteiger partial charge in [0.2, 0.25) is 10.0 Å². The van der Waals surface area contributed by atoms with Crippen LogP contribution in [0.15, 0.2) is 21.5 Å². The molecule has 19 heavy (non-hydrogen) atoms. The van der Waals surface area contributed by atoms with Crippen molar-refractivity contribution in [2.45, 2.75) is 31.2 Å². The zero-order valence-electron chi connectivity index (χ0n) is 11.2. The molecule has 1 saturated carbocycles. The molecule has 1 aliphatic rings. The highest BCUT2D eigenvalue weighted by atomic mass is 79.9. The predicted octanol–water partition coefficient (Wildman–Crippen LogP) is 2.25. The van der Waals surface area contributed by atoms with E-state index in [0.29, 0.717) is 28.4 Å². The zero-order chi connectivity index (χ0) is 14.2. The highest BCUT2D eigenvalue weighted by Gasteiger charge is 2.30. The highest BCUT2D eigenvalue weighted by Crippen LogP contribution is 2.33. The van der Waals surface area contributed by atoms with Crippen molar-refractivity contribution in [1.29, 1.82) is 0 Å². The zero-order valence-corrected chi connectivity index (χ0v) is 13.6. The van der Waals surface area contributed by atoms with Crippen molar-refractivity contribution < 1.29 is 8.42 Å². The summed E-state index contributed by atoms with van der Waals surface area (Å²) >= 11 is 3.38. The Balaban J connectivity index is 2.40. The maximum atomic E-state index is 12.6. The lowest BCUT2D eigenvalue weighted by Gasteiger charge is -2.19. The predicted molar refractivity (Wildman–Crippen MR) is 79.3 cm³/mol. The number of aryl methyl sites for hydroxylation is 1. The maximum absolute atomic E-state index is 12.6. The van der Waals surface area contributed by atoms with Gasteiger partial charge in [0.1, 0.15) is 0 Å². The smallest absolute Gasteiger partial charge is 0.243 e. The van der Waals surface area contributed by atoms with Crippen LogP contribution in [0.1, 0.15) is 24.0 Å². The molecule has 1 aromatic rings. The lowest BCUT2D eigenvalue weighted by Crippen LogP contribution is -2.29. The molecule has 1 aliphatic carbocycles. The van der Waals surface area contributed by atoms with E-state index in [-0.39, 0.29) is 0 Å². The van der Waals surface area contributed by atoms with Crippen LogP contribution in [0.2, 0.25) is 0 Å². The second-order valence-corrected chi connectivity index (χ2v) is 7.96. The van der Waals surface area contributed by atoms with Gasteiger partial charge in [-0.05, 0) is 58.8 Å². The van der Waals surface area contributed by atoms with Gasteiger partial charge in [0, 0.05) is 24.6 Å². The molecule has 0 aromatic heterocycles. The lowest BCUT2D eigenvalue weighted by molar-refractivity contribution is 0.452. The van der Waals surface area contributed by atoms with Gasteiger partial charge in [-0.3, -0.25) is 0 Å². The third-order valence-electron chi connectivity index (χ3n) is 3.42. The van der Waals surface area contributed by atoms with E-state index in [1.54, 1.807) is 13.1 Å². The summed E-state index contributed by atoms with van der Waals surface area (Å²) in [5.41, 5.74) is 7.35. The molecule has 0 aliphatic heterocycles. The minimum atomic E-state index is -3.45. The van der Waals surface area contributed by atoms with E-state index in [1.165, 1.54) is 4.31 Å². The number of benzene rings is 1. The van der Waals surface area contributed by atoms with Crippen molar-refractivity contribution in [3.63, 3.8) is 0 Å². The Labute approximate surface area is 123 Å². The molecular formula is C13H19BrN2O2S. The Hall–Kier alpha value is -0.430. The van der Waals surface area contributed by atoms with Crippen molar-refractivity contribution in [3.8, 4) is 0 Å². The monoisotopic (exact) mass is 346 g/mol. The number of nitrogens with zero attached hydrogens (tertiary/aromatic N) is 1. The van der Waals surface area contributed by atoms with Crippen LogP contribution in [-0.4, -0.2) is 26.3 Å². The maximum Gasteiger partial charge on any atom is 0.243 e. The molecule has 6 heteroatoms. The number of hydrogen-bond acceptors (Lipinski definition) is 3. The van der Waals surface area contributed by atoms with Gasteiger partial charge in [-0.1, -0.05) is 6.07 Å². The van der Waals surface area contributed by atoms with E-state index in [0.717, 1.165) is 24.0 Å². The van der Waals surface area contributed by atoms with Gasteiger partial charge in [0.05, 0.1) is 4.90 Å². The molecule has 2 rings (SSSR count). The van der Waals surface area contributed by atoms with Gasteiger partial charge >= 0.3 is 0 Å². The van der Waals surface area contributed by atoms with E-state index in [9.17, 15) is 8.42 Å². The molecule has 4 nitrogen and oxygen atoms in total. The fourth-order valence-electron chi connectivity index (χ4n) is 2.04. The molecule has 0 atom stereocenters. The number of nitrogens with two attached hydrogens (primary N) is 1. The molecule has 0 unspecified atom stereocenters. The molecule has 0 spiro atoms. The third-order valence-corrected chi connectivity index (χ3v) is 6.58. The average Bonchev–Trinajstić information content (AvgIpc) is 3.15. The van der Waals surface area contributed by atoms with E-state index in [4.69, 9.17) is 5.73 Å². The first-order valence-electron chi connectivity index (χ1n) is 6.31. The Morgan fingerprint density at radius 3 is 2.58 bits per heavy atom. The lowest BCUT2D eigenvalue weighted by atomic mass is 10.1. The van der Waals surface area contributed by atoms with Crippen LogP contribution in [0, 0.1) is 12.8 Å². The van der Waals surface area contributed by atoms with Crippen LogP contribution >= 0.6 is 15.9 Å². The minimum absolute atomic E-state index is 0.316. The Bertz CT molecular complexity index is 583. The van der Waals surface area contributed by atoms with Crippen LogP contribution in [0.25, 0.3) is 0 Å². The highest BCUT2D eigenvalue weighted by molar-refractivity contribution is 9.10. The van der Waals surface area contributed by atoms with Gasteiger partial charge in [0.25, 0.3) is 0 Å². The van der Waals surface area contributed by atoms with Crippen LogP contribution < -0.4 is 5.73 Å². The van der Waals surface area contributed by atoms with E-state index < -0.39 is 10.0 Å². The molecule has 0 amide bonds. The van der Waals surface area contributed by atoms with Crippen molar-refractivity contribution in [2.24, 2.45) is 11.7 Å². The van der Waals surface area contributed by atoms with Crippen LogP contribution in [-0.2, 0) is 16.6 Å². The van der Waals surface area contributed by atoms with E-state index >= 15 is 0 Å². The summed E-state index contributed by atoms with van der Waals surface area (Å²) in [5, 5.41) is 0. The summed E-state index contributed by atoms with van der Waals surface area (Å²) in [7, 11) is -1.81. The Morgan fingerprint density at radius 1 is 1.42 bits per heavy atom. The molecule has 106 valence electrons. The Morgan fingerprint density at radius 2 is 2.05 bits per heavy atom. The quantitative estimate of drug-likeness (QED) is 0.889. The third kappa shape index (κ3) is 3.18. The van der Waals surface area contributed by atoms with Gasteiger partial charge in [0.15, 0.2) is 0 Å². The van der Waals surface area contributed by atoms with Gasteiger partial charge in [-0.2, -0.15) is 0 Å². The molecule has 2 N–H and O–H groups in total. The number of sulfonamides is 1. The first-order chi connectivity index (χ1) is 8.86. The van der Waals surface area contributed by atoms with Gasteiger partial charge in [-0.15, -0.1) is 0 Å². The fraction of sp³-hybridized carbons (Fsp3) is 0.538. The second kappa shape index (κ2) is 5.52. The van der Waals surface area contributed by atoms with E-state index in [1.807, 2.05) is 13.0 Å². The van der Waals surface area contributed by atoms with Crippen LogP contribution in [0.3, 0.4) is 0 Å². The topological polar surface area (TPSA) is 63.4 Å². The molecule has 1 aromatic carbocycles. The molecule has 0 heterocycles. The van der Waals surface area contributed by atoms with Crippen molar-refractivity contribution in [2.75, 3.05) is 13.6 Å². The summed E-state index contributed by atoms with van der Waals surface area (Å²) in [5.74, 6) is 0.525. The normalized spacial score (nSPS) is 16.1. The first kappa shape index (κ1) is 15.0. The molecule has 0 saturated heterocycles. The van der Waals surface area contributed by atoms with Crippen LogP contribution in [0.4, 0.5) is 0 Å². The van der Waals surface area contributed by atoms with Crippen LogP contribution in [0.5, 0.6) is 0 Å². The largest absolute Gasteiger partial charge is 0.326 e. The average molecular weight is 347 g/mol. The number of rotatable bonds is 5. The number of halogens is 1. The standard InChI is InChI=1S/C13H19BrN2O2S/c1-9-5-11(7-15)6-12(13(9)14)19(17,18)16(2)8-10-3-4-10/h5-6,10H,3-4,7-8,15H2,1-2H3. The fourth-order valence-corrected chi connectivity index (χ4v) is 4.32. The minimum Gasteiger partial charge on any atom is -0.326 e. The molecule has 1 fully saturated rings. The summed E-state index contributed by atoms with van der Waals surface area (Å²) in [6.45, 7) is 2.81. The van der Waals surface area contributed by atoms with E-state index in [2.05, 4.69) is 15.9 Å². The van der Waals surface area contributed by atoms with Gasteiger partial charge in [-0.25, -0.2) is 12.7 Å². The number of hydrogen-bond donors (Lipinski definition) is 1. The summed E-state index contributed by atoms with van der Waals surface area (Å²) < 4.78 is 27.3. The van der Waals surface area contributed by atoms with Crippen molar-refractivity contribution >= 4 is 26.0 Å². The van der Waals surface area contributed by atoms with Crippen molar-refractivity contribution in [3.05, 3.63) is 27.7 Å². The summed E-state index contributed by atoms with van der Waals surface area (Å²) in [6.07, 6.45) is 2.26. The molecule has 0 bridgehead atoms. The SMILES string of the molecule is Cc1cc(CN)cc(S(=O)(=O)N(C)CC2CC2)c1Br. The van der Waals surface area contributed by atoms with Crippen molar-refractivity contribution in [1.82, 2.24) is 4.31 Å². The van der Waals surface area contributed by atoms with Gasteiger partial charge < -0.3 is 5.73 Å². The summed E-state index contributed by atoms with van der Waals surface area (Å²) in [6, 6.07) is 3.57. The summed E-state index contributed by atoms with van der Waals surface area (Å²) in [4.78, 5) is 0.316. The molecule has 0 radical (unpaired) electrons. The second-order valence-electron chi connectivity index (χ2n) is 5.16. The molecular weight excluding hydrogens is 328 g/mol.